The number of halogens is 2. The quantitative estimate of drug-likeness (QED) is 0.690. The largest absolute Gasteiger partial charge is 0.355 e. The highest BCUT2D eigenvalue weighted by atomic mass is 35.5. The van der Waals surface area contributed by atoms with Gasteiger partial charge in [-0.15, -0.1) is 0 Å². The fourth-order valence-corrected chi connectivity index (χ4v) is 2.69. The molecule has 0 fully saturated rings. The molecule has 0 aliphatic heterocycles. The van der Waals surface area contributed by atoms with Gasteiger partial charge in [-0.3, -0.25) is 9.89 Å². The Morgan fingerprint density at radius 3 is 2.86 bits per heavy atom. The fraction of sp³-hybridized carbons (Fsp3) is 0.143. The Kier molecular flexibility index (Phi) is 3.61. The first-order valence-electron chi connectivity index (χ1n) is 6.30. The van der Waals surface area contributed by atoms with Crippen LogP contribution in [0.15, 0.2) is 24.5 Å². The Morgan fingerprint density at radius 1 is 1.38 bits per heavy atom. The van der Waals surface area contributed by atoms with Crippen LogP contribution in [-0.4, -0.2) is 21.1 Å². The lowest BCUT2D eigenvalue weighted by atomic mass is 10.1. The molecule has 2 aromatic heterocycles. The first-order valence-corrected chi connectivity index (χ1v) is 7.05. The molecule has 0 unspecified atom stereocenters. The molecule has 1 amide bonds. The Morgan fingerprint density at radius 2 is 2.19 bits per heavy atom. The van der Waals surface area contributed by atoms with Gasteiger partial charge >= 0.3 is 0 Å². The van der Waals surface area contributed by atoms with E-state index >= 15 is 0 Å². The van der Waals surface area contributed by atoms with Crippen LogP contribution in [0.2, 0.25) is 10.0 Å². The molecule has 0 atom stereocenters. The van der Waals surface area contributed by atoms with Crippen LogP contribution in [0, 0.1) is 0 Å². The van der Waals surface area contributed by atoms with Crippen LogP contribution in [0.25, 0.3) is 22.0 Å². The number of amides is 1. The van der Waals surface area contributed by atoms with Crippen LogP contribution in [0.5, 0.6) is 0 Å². The molecule has 0 saturated carbocycles. The second kappa shape index (κ2) is 5.42. The maximum absolute atomic E-state index is 11.2. The van der Waals surface area contributed by atoms with Crippen LogP contribution in [0.4, 0.5) is 0 Å². The third kappa shape index (κ3) is 2.50. The van der Waals surface area contributed by atoms with E-state index in [9.17, 15) is 4.79 Å². The number of fused-ring (bicyclic) bond motifs is 1. The van der Waals surface area contributed by atoms with E-state index in [0.717, 1.165) is 27.7 Å². The van der Waals surface area contributed by atoms with Crippen LogP contribution in [0.3, 0.4) is 0 Å². The molecule has 2 heterocycles. The average Bonchev–Trinajstić information content (AvgIpc) is 3.07. The molecule has 3 aromatic rings. The van der Waals surface area contributed by atoms with Crippen molar-refractivity contribution in [3.63, 3.8) is 0 Å². The highest BCUT2D eigenvalue weighted by Crippen LogP contribution is 2.38. The minimum atomic E-state index is -0.101. The molecule has 0 aliphatic rings. The van der Waals surface area contributed by atoms with E-state index < -0.39 is 0 Å². The van der Waals surface area contributed by atoms with Gasteiger partial charge in [0.2, 0.25) is 5.91 Å². The van der Waals surface area contributed by atoms with E-state index in [1.165, 1.54) is 6.92 Å². The van der Waals surface area contributed by atoms with Gasteiger partial charge in [-0.05, 0) is 6.07 Å². The lowest BCUT2D eigenvalue weighted by Gasteiger charge is -2.03. The second-order valence-corrected chi connectivity index (χ2v) is 5.44. The summed E-state index contributed by atoms with van der Waals surface area (Å²) in [5.74, 6) is -0.101. The number of aromatic nitrogens is 3. The summed E-state index contributed by atoms with van der Waals surface area (Å²) in [4.78, 5) is 14.4. The second-order valence-electron chi connectivity index (χ2n) is 4.66. The summed E-state index contributed by atoms with van der Waals surface area (Å²) in [5, 5.41) is 11.4. The standard InChI is InChI=1S/C14H12Cl2N4O/c1-7(21)17-6-11-12(8-4-18-19-5-8)9-2-3-10(15)13(16)14(9)20-11/h2-5,20H,6H2,1H3,(H,17,21)(H,18,19). The predicted molar refractivity (Wildman–Crippen MR) is 83.4 cm³/mol. The number of benzene rings is 1. The van der Waals surface area contributed by atoms with Gasteiger partial charge in [-0.1, -0.05) is 29.3 Å². The molecule has 0 saturated heterocycles. The van der Waals surface area contributed by atoms with Crippen LogP contribution >= 0.6 is 23.2 Å². The zero-order chi connectivity index (χ0) is 15.0. The first-order chi connectivity index (χ1) is 10.1. The van der Waals surface area contributed by atoms with E-state index in [2.05, 4.69) is 20.5 Å². The van der Waals surface area contributed by atoms with Crippen LogP contribution < -0.4 is 5.32 Å². The molecule has 1 aromatic carbocycles. The number of nitrogens with one attached hydrogen (secondary N) is 3. The zero-order valence-electron chi connectivity index (χ0n) is 11.1. The lowest BCUT2D eigenvalue weighted by Crippen LogP contribution is -2.19. The molecule has 108 valence electrons. The number of carbonyl (C=O) groups is 1. The number of nitrogens with zero attached hydrogens (tertiary/aromatic N) is 1. The third-order valence-electron chi connectivity index (χ3n) is 3.24. The Hall–Kier alpha value is -1.98. The van der Waals surface area contributed by atoms with Crippen molar-refractivity contribution in [2.45, 2.75) is 13.5 Å². The number of hydrogen-bond donors (Lipinski definition) is 3. The van der Waals surface area contributed by atoms with E-state index in [1.54, 1.807) is 18.5 Å². The van der Waals surface area contributed by atoms with Gasteiger partial charge < -0.3 is 10.3 Å². The monoisotopic (exact) mass is 322 g/mol. The Bertz CT molecular complexity index is 808. The minimum absolute atomic E-state index is 0.101. The molecule has 0 spiro atoms. The molecule has 3 rings (SSSR count). The molecule has 5 nitrogen and oxygen atoms in total. The van der Waals surface area contributed by atoms with Crippen molar-refractivity contribution in [3.8, 4) is 11.1 Å². The summed E-state index contributed by atoms with van der Waals surface area (Å²) in [5.41, 5.74) is 3.47. The maximum Gasteiger partial charge on any atom is 0.217 e. The molecule has 0 bridgehead atoms. The van der Waals surface area contributed by atoms with Crippen molar-refractivity contribution in [1.82, 2.24) is 20.5 Å². The van der Waals surface area contributed by atoms with Crippen LogP contribution in [-0.2, 0) is 11.3 Å². The molecular weight excluding hydrogens is 311 g/mol. The summed E-state index contributed by atoms with van der Waals surface area (Å²) >= 11 is 12.3. The van der Waals surface area contributed by atoms with Crippen molar-refractivity contribution < 1.29 is 4.79 Å². The van der Waals surface area contributed by atoms with Gasteiger partial charge in [0.1, 0.15) is 0 Å². The number of aromatic amines is 2. The summed E-state index contributed by atoms with van der Waals surface area (Å²) in [6.45, 7) is 1.85. The maximum atomic E-state index is 11.2. The molecule has 0 radical (unpaired) electrons. The van der Waals surface area contributed by atoms with E-state index in [-0.39, 0.29) is 5.91 Å². The average molecular weight is 323 g/mol. The number of carbonyl (C=O) groups excluding carboxylic acids is 1. The van der Waals surface area contributed by atoms with Crippen molar-refractivity contribution in [3.05, 3.63) is 40.3 Å². The first kappa shape index (κ1) is 14.0. The normalized spacial score (nSPS) is 11.0. The fourth-order valence-electron chi connectivity index (χ4n) is 2.32. The lowest BCUT2D eigenvalue weighted by molar-refractivity contribution is -0.119. The van der Waals surface area contributed by atoms with Crippen molar-refractivity contribution in [2.75, 3.05) is 0 Å². The van der Waals surface area contributed by atoms with Gasteiger partial charge in [0.05, 0.1) is 28.3 Å². The topological polar surface area (TPSA) is 73.6 Å². The van der Waals surface area contributed by atoms with Crippen LogP contribution in [0.1, 0.15) is 12.6 Å². The molecular formula is C14H12Cl2N4O. The predicted octanol–water partition coefficient (Wildman–Crippen LogP) is 3.50. The van der Waals surface area contributed by atoms with Crippen molar-refractivity contribution in [1.29, 1.82) is 0 Å². The molecule has 7 heteroatoms. The van der Waals surface area contributed by atoms with Gasteiger partial charge in [-0.25, -0.2) is 0 Å². The Labute approximate surface area is 130 Å². The number of hydrogen-bond acceptors (Lipinski definition) is 2. The van der Waals surface area contributed by atoms with E-state index in [4.69, 9.17) is 23.2 Å². The van der Waals surface area contributed by atoms with Gasteiger partial charge in [0.15, 0.2) is 0 Å². The van der Waals surface area contributed by atoms with Gasteiger partial charge in [-0.2, -0.15) is 5.10 Å². The summed E-state index contributed by atoms with van der Waals surface area (Å²) in [7, 11) is 0. The van der Waals surface area contributed by atoms with Crippen molar-refractivity contribution >= 4 is 40.0 Å². The van der Waals surface area contributed by atoms with Gasteiger partial charge in [0, 0.05) is 35.3 Å². The summed E-state index contributed by atoms with van der Waals surface area (Å²) in [6.07, 6.45) is 3.52. The van der Waals surface area contributed by atoms with Gasteiger partial charge in [0.25, 0.3) is 0 Å². The Balaban J connectivity index is 2.22. The summed E-state index contributed by atoms with van der Waals surface area (Å²) in [6, 6.07) is 3.66. The molecule has 0 aliphatic carbocycles. The molecule has 21 heavy (non-hydrogen) atoms. The smallest absolute Gasteiger partial charge is 0.217 e. The number of H-pyrrole nitrogens is 2. The van der Waals surface area contributed by atoms with E-state index in [1.807, 2.05) is 6.07 Å². The van der Waals surface area contributed by atoms with Crippen molar-refractivity contribution in [2.24, 2.45) is 0 Å². The number of rotatable bonds is 3. The summed E-state index contributed by atoms with van der Waals surface area (Å²) < 4.78 is 0. The third-order valence-corrected chi connectivity index (χ3v) is 4.05. The highest BCUT2D eigenvalue weighted by Gasteiger charge is 2.17. The zero-order valence-corrected chi connectivity index (χ0v) is 12.6. The SMILES string of the molecule is CC(=O)NCc1[nH]c2c(Cl)c(Cl)ccc2c1-c1cn[nH]c1. The highest BCUT2D eigenvalue weighted by molar-refractivity contribution is 6.45. The van der Waals surface area contributed by atoms with E-state index in [0.29, 0.717) is 16.6 Å². The molecule has 3 N–H and O–H groups in total. The minimum Gasteiger partial charge on any atom is -0.355 e.